The molecule has 1 aromatic rings. The molecule has 0 spiro atoms. The van der Waals surface area contributed by atoms with Crippen LogP contribution in [0.1, 0.15) is 69.6 Å². The van der Waals surface area contributed by atoms with Gasteiger partial charge in [-0.25, -0.2) is 0 Å². The molecule has 0 bridgehead atoms. The highest BCUT2D eigenvalue weighted by atomic mass is 16.2. The maximum Gasteiger partial charge on any atom is 0.272 e. The molecule has 0 atom stereocenters. The number of hydrogen-bond donors (Lipinski definition) is 2. The Morgan fingerprint density at radius 1 is 1.40 bits per heavy atom. The first-order valence-electron chi connectivity index (χ1n) is 7.27. The number of hydrogen-bond acceptors (Lipinski definition) is 3. The van der Waals surface area contributed by atoms with Crippen molar-refractivity contribution in [3.05, 3.63) is 17.5 Å². The molecule has 1 fully saturated rings. The highest BCUT2D eigenvalue weighted by molar-refractivity contribution is 5.93. The fourth-order valence-corrected chi connectivity index (χ4v) is 2.14. The second kappa shape index (κ2) is 4.88. The van der Waals surface area contributed by atoms with Crippen LogP contribution in [0.3, 0.4) is 0 Å². The summed E-state index contributed by atoms with van der Waals surface area (Å²) in [4.78, 5) is 12.3. The minimum atomic E-state index is -0.414. The van der Waals surface area contributed by atoms with Crippen LogP contribution in [0.4, 0.5) is 0 Å². The number of rotatable bonds is 4. The average Bonchev–Trinajstić information content (AvgIpc) is 3.05. The van der Waals surface area contributed by atoms with Crippen molar-refractivity contribution < 1.29 is 4.79 Å². The Labute approximate surface area is 120 Å². The molecule has 0 aliphatic heterocycles. The number of carbonyl (C=O) groups excluding carboxylic acids is 1. The van der Waals surface area contributed by atoms with Crippen LogP contribution in [0.15, 0.2) is 6.07 Å². The molecule has 0 saturated heterocycles. The molecule has 1 aliphatic rings. The highest BCUT2D eigenvalue weighted by Gasteiger charge is 2.33. The zero-order chi connectivity index (χ0) is 15.1. The summed E-state index contributed by atoms with van der Waals surface area (Å²) < 4.78 is 2.00. The van der Waals surface area contributed by atoms with Crippen LogP contribution in [0.25, 0.3) is 0 Å². The highest BCUT2D eigenvalue weighted by Crippen LogP contribution is 2.41. The van der Waals surface area contributed by atoms with Gasteiger partial charge in [-0.1, -0.05) is 0 Å². The van der Waals surface area contributed by atoms with Crippen LogP contribution < -0.4 is 11.1 Å². The van der Waals surface area contributed by atoms with E-state index in [2.05, 4.69) is 31.2 Å². The van der Waals surface area contributed by atoms with Gasteiger partial charge in [-0.05, 0) is 53.5 Å². The first kappa shape index (κ1) is 15.0. The summed E-state index contributed by atoms with van der Waals surface area (Å²) in [5.41, 5.74) is 6.79. The summed E-state index contributed by atoms with van der Waals surface area (Å²) in [6.07, 6.45) is 2.38. The van der Waals surface area contributed by atoms with Crippen LogP contribution in [-0.2, 0) is 5.54 Å². The number of carbonyl (C=O) groups is 1. The minimum absolute atomic E-state index is 0.111. The lowest BCUT2D eigenvalue weighted by molar-refractivity contribution is 0.0909. The predicted octanol–water partition coefficient (Wildman–Crippen LogP) is 1.98. The number of nitrogens with one attached hydrogen (secondary N) is 1. The summed E-state index contributed by atoms with van der Waals surface area (Å²) in [6.45, 7) is 10.5. The molecule has 5 nitrogen and oxygen atoms in total. The van der Waals surface area contributed by atoms with Crippen molar-refractivity contribution in [2.24, 2.45) is 5.73 Å². The van der Waals surface area contributed by atoms with Gasteiger partial charge in [0.15, 0.2) is 0 Å². The lowest BCUT2D eigenvalue weighted by Gasteiger charge is -2.24. The maximum atomic E-state index is 12.3. The molecular weight excluding hydrogens is 252 g/mol. The van der Waals surface area contributed by atoms with E-state index in [9.17, 15) is 4.79 Å². The van der Waals surface area contributed by atoms with Crippen LogP contribution in [0, 0.1) is 0 Å². The van der Waals surface area contributed by atoms with Crippen molar-refractivity contribution in [2.75, 3.05) is 6.54 Å². The standard InChI is InChI=1S/C15H26N4O/c1-14(2,3)19-12(10-6-7-10)8-11(18-19)13(20)17-15(4,5)9-16/h8,10H,6-7,9,16H2,1-5H3,(H,17,20). The van der Waals surface area contributed by atoms with Crippen molar-refractivity contribution in [2.45, 2.75) is 64.5 Å². The van der Waals surface area contributed by atoms with Crippen molar-refractivity contribution in [3.8, 4) is 0 Å². The first-order valence-corrected chi connectivity index (χ1v) is 7.27. The quantitative estimate of drug-likeness (QED) is 0.884. The molecule has 20 heavy (non-hydrogen) atoms. The third-order valence-electron chi connectivity index (χ3n) is 3.56. The molecular formula is C15H26N4O. The van der Waals surface area contributed by atoms with Gasteiger partial charge in [0.05, 0.1) is 5.54 Å². The molecule has 3 N–H and O–H groups in total. The lowest BCUT2D eigenvalue weighted by Crippen LogP contribution is -2.49. The third kappa shape index (κ3) is 3.20. The lowest BCUT2D eigenvalue weighted by atomic mass is 10.1. The first-order chi connectivity index (χ1) is 9.14. The van der Waals surface area contributed by atoms with Gasteiger partial charge in [-0.2, -0.15) is 5.10 Å². The van der Waals surface area contributed by atoms with Crippen LogP contribution in [-0.4, -0.2) is 27.8 Å². The Morgan fingerprint density at radius 3 is 2.45 bits per heavy atom. The maximum absolute atomic E-state index is 12.3. The number of nitrogens with zero attached hydrogens (tertiary/aromatic N) is 2. The van der Waals surface area contributed by atoms with Gasteiger partial charge in [0.2, 0.25) is 0 Å². The Balaban J connectivity index is 2.27. The molecule has 0 aromatic carbocycles. The normalized spacial score (nSPS) is 16.3. The molecule has 1 aliphatic carbocycles. The summed E-state index contributed by atoms with van der Waals surface area (Å²) in [7, 11) is 0. The van der Waals surface area contributed by atoms with Gasteiger partial charge in [-0.15, -0.1) is 0 Å². The zero-order valence-corrected chi connectivity index (χ0v) is 13.2. The van der Waals surface area contributed by atoms with Gasteiger partial charge in [0, 0.05) is 23.7 Å². The summed E-state index contributed by atoms with van der Waals surface area (Å²) in [5.74, 6) is 0.413. The Kier molecular flexibility index (Phi) is 3.67. The summed E-state index contributed by atoms with van der Waals surface area (Å²) in [6, 6.07) is 1.94. The molecule has 1 amide bonds. The van der Waals surface area contributed by atoms with Crippen molar-refractivity contribution in [1.82, 2.24) is 15.1 Å². The Hall–Kier alpha value is -1.36. The Morgan fingerprint density at radius 2 is 2.00 bits per heavy atom. The van der Waals surface area contributed by atoms with Crippen molar-refractivity contribution in [3.63, 3.8) is 0 Å². The smallest absolute Gasteiger partial charge is 0.272 e. The van der Waals surface area contributed by atoms with E-state index in [1.54, 1.807) is 0 Å². The van der Waals surface area contributed by atoms with Gasteiger partial charge in [-0.3, -0.25) is 9.48 Å². The van der Waals surface area contributed by atoms with E-state index in [1.165, 1.54) is 18.5 Å². The van der Waals surface area contributed by atoms with E-state index in [0.29, 0.717) is 18.2 Å². The number of amides is 1. The molecule has 112 valence electrons. The number of nitrogens with two attached hydrogens (primary N) is 1. The van der Waals surface area contributed by atoms with E-state index >= 15 is 0 Å². The van der Waals surface area contributed by atoms with Crippen molar-refractivity contribution >= 4 is 5.91 Å². The van der Waals surface area contributed by atoms with Gasteiger partial charge < -0.3 is 11.1 Å². The van der Waals surface area contributed by atoms with Gasteiger partial charge in [0.1, 0.15) is 5.69 Å². The van der Waals surface area contributed by atoms with E-state index in [1.807, 2.05) is 24.6 Å². The fourth-order valence-electron chi connectivity index (χ4n) is 2.14. The van der Waals surface area contributed by atoms with Crippen LogP contribution in [0.2, 0.25) is 0 Å². The van der Waals surface area contributed by atoms with Crippen molar-refractivity contribution in [1.29, 1.82) is 0 Å². The molecule has 5 heteroatoms. The summed E-state index contributed by atoms with van der Waals surface area (Å²) in [5, 5.41) is 7.46. The molecule has 1 aromatic heterocycles. The SMILES string of the molecule is CC(C)(CN)NC(=O)c1cc(C2CC2)n(C(C)(C)C)n1. The van der Waals surface area contributed by atoms with Crippen LogP contribution in [0.5, 0.6) is 0 Å². The van der Waals surface area contributed by atoms with E-state index in [0.717, 1.165) is 0 Å². The second-order valence-electron chi connectivity index (χ2n) is 7.35. The molecule has 1 heterocycles. The van der Waals surface area contributed by atoms with E-state index < -0.39 is 5.54 Å². The fraction of sp³-hybridized carbons (Fsp3) is 0.733. The predicted molar refractivity (Wildman–Crippen MR) is 79.8 cm³/mol. The second-order valence-corrected chi connectivity index (χ2v) is 7.35. The zero-order valence-electron chi connectivity index (χ0n) is 13.2. The van der Waals surface area contributed by atoms with Crippen LogP contribution >= 0.6 is 0 Å². The molecule has 0 unspecified atom stereocenters. The topological polar surface area (TPSA) is 72.9 Å². The monoisotopic (exact) mass is 278 g/mol. The minimum Gasteiger partial charge on any atom is -0.344 e. The third-order valence-corrected chi connectivity index (χ3v) is 3.56. The average molecular weight is 278 g/mol. The largest absolute Gasteiger partial charge is 0.344 e. The molecule has 0 radical (unpaired) electrons. The molecule has 2 rings (SSSR count). The summed E-state index contributed by atoms with van der Waals surface area (Å²) >= 11 is 0. The number of aromatic nitrogens is 2. The Bertz CT molecular complexity index is 506. The van der Waals surface area contributed by atoms with Gasteiger partial charge >= 0.3 is 0 Å². The molecule has 1 saturated carbocycles. The van der Waals surface area contributed by atoms with Gasteiger partial charge in [0.25, 0.3) is 5.91 Å². The van der Waals surface area contributed by atoms with E-state index in [-0.39, 0.29) is 11.4 Å². The van der Waals surface area contributed by atoms with E-state index in [4.69, 9.17) is 5.73 Å².